The largest absolute Gasteiger partial charge is 0.497 e. The summed E-state index contributed by atoms with van der Waals surface area (Å²) in [5.41, 5.74) is 0.429. The molecule has 1 atom stereocenters. The molecule has 1 aromatic carbocycles. The van der Waals surface area contributed by atoms with Crippen LogP contribution in [0.15, 0.2) is 24.3 Å². The van der Waals surface area contributed by atoms with Crippen molar-refractivity contribution < 1.29 is 23.9 Å². The molecule has 1 aromatic rings. The van der Waals surface area contributed by atoms with Gasteiger partial charge in [-0.25, -0.2) is 0 Å². The zero-order valence-corrected chi connectivity index (χ0v) is 17.3. The summed E-state index contributed by atoms with van der Waals surface area (Å²) in [5, 5.41) is 5.50. The van der Waals surface area contributed by atoms with Gasteiger partial charge in [-0.3, -0.25) is 14.4 Å². The van der Waals surface area contributed by atoms with Gasteiger partial charge in [0, 0.05) is 32.9 Å². The van der Waals surface area contributed by atoms with Crippen LogP contribution in [-0.4, -0.2) is 69.6 Å². The number of carbonyl (C=O) groups is 3. The number of hydrogen-bond donors (Lipinski definition) is 2. The summed E-state index contributed by atoms with van der Waals surface area (Å²) in [5.74, 6) is -0.418. The molecule has 0 radical (unpaired) electrons. The molecule has 1 unspecified atom stereocenters. The summed E-state index contributed by atoms with van der Waals surface area (Å²) >= 11 is 0. The second-order valence-electron chi connectivity index (χ2n) is 6.81. The Balaban J connectivity index is 2.66. The molecule has 0 aliphatic carbocycles. The fourth-order valence-electron chi connectivity index (χ4n) is 2.51. The van der Waals surface area contributed by atoms with Crippen LogP contribution in [0.1, 0.15) is 30.6 Å². The number of ether oxygens (including phenoxy) is 2. The van der Waals surface area contributed by atoms with Crippen LogP contribution in [0.4, 0.5) is 0 Å². The zero-order chi connectivity index (χ0) is 21.1. The molecule has 0 saturated heterocycles. The first-order valence-corrected chi connectivity index (χ1v) is 9.25. The van der Waals surface area contributed by atoms with E-state index < -0.39 is 6.04 Å². The molecule has 0 spiro atoms. The summed E-state index contributed by atoms with van der Waals surface area (Å²) in [4.78, 5) is 38.5. The van der Waals surface area contributed by atoms with E-state index in [2.05, 4.69) is 10.6 Å². The van der Waals surface area contributed by atoms with Crippen LogP contribution in [0, 0.1) is 5.92 Å². The molecule has 3 amide bonds. The SMILES string of the molecule is COCCCNC(=O)CN(C)C(=O)C(NC(=O)c1ccc(OC)cc1)C(C)C. The van der Waals surface area contributed by atoms with Crippen molar-refractivity contribution in [2.45, 2.75) is 26.3 Å². The molecule has 0 fully saturated rings. The van der Waals surface area contributed by atoms with Crippen LogP contribution in [0.3, 0.4) is 0 Å². The standard InChI is InChI=1S/C20H31N3O5/c1-14(2)18(22-19(25)15-7-9-16(28-5)10-8-15)20(26)23(3)13-17(24)21-11-6-12-27-4/h7-10,14,18H,6,11-13H2,1-5H3,(H,21,24)(H,22,25). The molecule has 0 saturated carbocycles. The molecule has 0 aliphatic rings. The molecule has 8 nitrogen and oxygen atoms in total. The average Bonchev–Trinajstić information content (AvgIpc) is 2.68. The second-order valence-corrected chi connectivity index (χ2v) is 6.81. The molecular formula is C20H31N3O5. The van der Waals surface area contributed by atoms with Gasteiger partial charge in [0.1, 0.15) is 11.8 Å². The number of methoxy groups -OCH3 is 2. The quantitative estimate of drug-likeness (QED) is 0.548. The van der Waals surface area contributed by atoms with Gasteiger partial charge in [0.2, 0.25) is 11.8 Å². The highest BCUT2D eigenvalue weighted by atomic mass is 16.5. The number of hydrogen-bond acceptors (Lipinski definition) is 5. The number of nitrogens with one attached hydrogen (secondary N) is 2. The van der Waals surface area contributed by atoms with Gasteiger partial charge < -0.3 is 25.0 Å². The summed E-state index contributed by atoms with van der Waals surface area (Å²) in [7, 11) is 4.69. The fourth-order valence-corrected chi connectivity index (χ4v) is 2.51. The normalized spacial score (nSPS) is 11.6. The number of benzene rings is 1. The van der Waals surface area contributed by atoms with Crippen molar-refractivity contribution in [1.29, 1.82) is 0 Å². The van der Waals surface area contributed by atoms with Crippen molar-refractivity contribution in [1.82, 2.24) is 15.5 Å². The lowest BCUT2D eigenvalue weighted by Crippen LogP contribution is -2.52. The smallest absolute Gasteiger partial charge is 0.251 e. The third kappa shape index (κ3) is 7.56. The fraction of sp³-hybridized carbons (Fsp3) is 0.550. The minimum Gasteiger partial charge on any atom is -0.497 e. The Bertz CT molecular complexity index is 646. The number of amides is 3. The second kappa shape index (κ2) is 12.0. The van der Waals surface area contributed by atoms with E-state index in [1.54, 1.807) is 45.5 Å². The maximum Gasteiger partial charge on any atom is 0.251 e. The molecule has 0 aliphatic heterocycles. The van der Waals surface area contributed by atoms with E-state index in [4.69, 9.17) is 9.47 Å². The number of likely N-dealkylation sites (N-methyl/N-ethyl adjacent to an activating group) is 1. The van der Waals surface area contributed by atoms with Crippen molar-refractivity contribution in [2.75, 3.05) is 41.0 Å². The third-order valence-electron chi connectivity index (χ3n) is 4.18. The predicted molar refractivity (Wildman–Crippen MR) is 106 cm³/mol. The molecule has 2 N–H and O–H groups in total. The Morgan fingerprint density at radius 2 is 1.75 bits per heavy atom. The minimum atomic E-state index is -0.735. The van der Waals surface area contributed by atoms with Crippen LogP contribution in [0.5, 0.6) is 5.75 Å². The Hall–Kier alpha value is -2.61. The number of carbonyl (C=O) groups excluding carboxylic acids is 3. The molecule has 0 bridgehead atoms. The highest BCUT2D eigenvalue weighted by Gasteiger charge is 2.28. The predicted octanol–water partition coefficient (Wildman–Crippen LogP) is 1.06. The Morgan fingerprint density at radius 1 is 1.11 bits per heavy atom. The van der Waals surface area contributed by atoms with Crippen molar-refractivity contribution >= 4 is 17.7 Å². The zero-order valence-electron chi connectivity index (χ0n) is 17.3. The van der Waals surface area contributed by atoms with E-state index in [0.29, 0.717) is 30.9 Å². The number of rotatable bonds is 11. The highest BCUT2D eigenvalue weighted by molar-refractivity contribution is 5.98. The van der Waals surface area contributed by atoms with E-state index in [1.165, 1.54) is 4.90 Å². The van der Waals surface area contributed by atoms with Gasteiger partial charge in [0.05, 0.1) is 13.7 Å². The summed E-state index contributed by atoms with van der Waals surface area (Å²) in [6, 6.07) is 5.89. The molecule has 0 heterocycles. The molecule has 8 heteroatoms. The van der Waals surface area contributed by atoms with Crippen molar-refractivity contribution in [3.63, 3.8) is 0 Å². The third-order valence-corrected chi connectivity index (χ3v) is 4.18. The lowest BCUT2D eigenvalue weighted by atomic mass is 10.0. The Morgan fingerprint density at radius 3 is 2.29 bits per heavy atom. The van der Waals surface area contributed by atoms with Crippen LogP contribution in [0.25, 0.3) is 0 Å². The lowest BCUT2D eigenvalue weighted by molar-refractivity contribution is -0.137. The Labute approximate surface area is 166 Å². The van der Waals surface area contributed by atoms with E-state index in [0.717, 1.165) is 0 Å². The average molecular weight is 393 g/mol. The van der Waals surface area contributed by atoms with E-state index in [9.17, 15) is 14.4 Å². The van der Waals surface area contributed by atoms with Crippen LogP contribution in [0.2, 0.25) is 0 Å². The highest BCUT2D eigenvalue weighted by Crippen LogP contribution is 2.12. The van der Waals surface area contributed by atoms with Crippen LogP contribution >= 0.6 is 0 Å². The maximum absolute atomic E-state index is 12.8. The van der Waals surface area contributed by atoms with Gasteiger partial charge in [-0.2, -0.15) is 0 Å². The van der Waals surface area contributed by atoms with Gasteiger partial charge >= 0.3 is 0 Å². The van der Waals surface area contributed by atoms with Gasteiger partial charge in [0.25, 0.3) is 5.91 Å². The molecular weight excluding hydrogens is 362 g/mol. The van der Waals surface area contributed by atoms with Crippen molar-refractivity contribution in [2.24, 2.45) is 5.92 Å². The summed E-state index contributed by atoms with van der Waals surface area (Å²) in [6.45, 7) is 4.65. The monoisotopic (exact) mass is 393 g/mol. The van der Waals surface area contributed by atoms with Gasteiger partial charge in [-0.05, 0) is 36.6 Å². The van der Waals surface area contributed by atoms with E-state index in [1.807, 2.05) is 13.8 Å². The topological polar surface area (TPSA) is 97.0 Å². The van der Waals surface area contributed by atoms with Crippen molar-refractivity contribution in [3.8, 4) is 5.75 Å². The van der Waals surface area contributed by atoms with E-state index in [-0.39, 0.29) is 30.2 Å². The van der Waals surface area contributed by atoms with Gasteiger partial charge in [0.15, 0.2) is 0 Å². The van der Waals surface area contributed by atoms with Crippen LogP contribution in [-0.2, 0) is 14.3 Å². The molecule has 0 aromatic heterocycles. The lowest BCUT2D eigenvalue weighted by Gasteiger charge is -2.26. The van der Waals surface area contributed by atoms with Crippen molar-refractivity contribution in [3.05, 3.63) is 29.8 Å². The van der Waals surface area contributed by atoms with E-state index >= 15 is 0 Å². The summed E-state index contributed by atoms with van der Waals surface area (Å²) < 4.78 is 10.0. The number of nitrogens with zero attached hydrogens (tertiary/aromatic N) is 1. The maximum atomic E-state index is 12.8. The molecule has 156 valence electrons. The molecule has 28 heavy (non-hydrogen) atoms. The first-order valence-electron chi connectivity index (χ1n) is 9.25. The first kappa shape index (κ1) is 23.4. The van der Waals surface area contributed by atoms with Gasteiger partial charge in [-0.15, -0.1) is 0 Å². The minimum absolute atomic E-state index is 0.0760. The molecule has 1 rings (SSSR count). The first-order chi connectivity index (χ1) is 13.3. The Kier molecular flexibility index (Phi) is 10.0. The van der Waals surface area contributed by atoms with Gasteiger partial charge in [-0.1, -0.05) is 13.8 Å². The summed E-state index contributed by atoms with van der Waals surface area (Å²) in [6.07, 6.45) is 0.701. The van der Waals surface area contributed by atoms with Crippen LogP contribution < -0.4 is 15.4 Å².